The second kappa shape index (κ2) is 13.2. The van der Waals surface area contributed by atoms with Crippen molar-refractivity contribution in [2.24, 2.45) is 0 Å². The van der Waals surface area contributed by atoms with Gasteiger partial charge in [0.05, 0.1) is 0 Å². The number of carbonyl (C=O) groups is 2. The topological polar surface area (TPSA) is 72.9 Å². The summed E-state index contributed by atoms with van der Waals surface area (Å²) in [5, 5.41) is 10.5. The molecular weight excluding hydrogens is 387 g/mol. The number of amides is 1. The third kappa shape index (κ3) is 10.3. The van der Waals surface area contributed by atoms with Crippen LogP contribution in [0.25, 0.3) is 0 Å². The van der Waals surface area contributed by atoms with Gasteiger partial charge < -0.3 is 20.2 Å². The number of nitrogens with one attached hydrogen (secondary N) is 1. The van der Waals surface area contributed by atoms with Crippen molar-refractivity contribution in [3.05, 3.63) is 30.3 Å². The average Bonchev–Trinajstić information content (AvgIpc) is 2.71. The lowest BCUT2D eigenvalue weighted by Crippen LogP contribution is -2.45. The van der Waals surface area contributed by atoms with Crippen LogP contribution in [0.3, 0.4) is 0 Å². The van der Waals surface area contributed by atoms with Gasteiger partial charge in [0.2, 0.25) is 5.91 Å². The SMILES string of the molecule is CCCCCN(C(=O)CCN1CCNCC1)c1ccccc1.O=C(O)C(F)(F)F. The number of aliphatic carboxylic acids is 1. The van der Waals surface area contributed by atoms with Gasteiger partial charge in [0.1, 0.15) is 0 Å². The van der Waals surface area contributed by atoms with Gasteiger partial charge >= 0.3 is 12.1 Å². The molecule has 1 fully saturated rings. The standard InChI is InChI=1S/C18H29N3O.C2HF3O2/c1-2-3-7-13-21(17-8-5-4-6-9-17)18(22)10-14-20-15-11-19-12-16-20;3-2(4,5)1(6)7/h4-6,8-9,19H,2-3,7,10-16H2,1H3;(H,6,7). The van der Waals surface area contributed by atoms with Crippen LogP contribution in [0.15, 0.2) is 30.3 Å². The van der Waals surface area contributed by atoms with E-state index in [0.29, 0.717) is 6.42 Å². The molecule has 0 spiro atoms. The smallest absolute Gasteiger partial charge is 0.475 e. The number of anilines is 1. The predicted octanol–water partition coefficient (Wildman–Crippen LogP) is 3.14. The number of halogens is 3. The maximum absolute atomic E-state index is 12.7. The van der Waals surface area contributed by atoms with Gasteiger partial charge in [-0.3, -0.25) is 4.79 Å². The molecule has 2 rings (SSSR count). The van der Waals surface area contributed by atoms with Crippen LogP contribution in [-0.4, -0.2) is 67.3 Å². The summed E-state index contributed by atoms with van der Waals surface area (Å²) in [6.45, 7) is 8.07. The molecular formula is C20H30F3N3O3. The average molecular weight is 417 g/mol. The molecule has 1 heterocycles. The van der Waals surface area contributed by atoms with Crippen molar-refractivity contribution < 1.29 is 27.9 Å². The first-order chi connectivity index (χ1) is 13.8. The largest absolute Gasteiger partial charge is 0.490 e. The molecule has 0 atom stereocenters. The van der Waals surface area contributed by atoms with Gasteiger partial charge in [0.25, 0.3) is 0 Å². The van der Waals surface area contributed by atoms with Gasteiger partial charge in [-0.25, -0.2) is 4.79 Å². The zero-order valence-corrected chi connectivity index (χ0v) is 16.7. The number of nitrogens with zero attached hydrogens (tertiary/aromatic N) is 2. The number of unbranched alkanes of at least 4 members (excludes halogenated alkanes) is 2. The first kappa shape index (κ1) is 24.9. The Morgan fingerprint density at radius 1 is 1.14 bits per heavy atom. The lowest BCUT2D eigenvalue weighted by atomic mass is 10.2. The van der Waals surface area contributed by atoms with E-state index in [4.69, 9.17) is 9.90 Å². The molecule has 1 amide bonds. The fraction of sp³-hybridized carbons (Fsp3) is 0.600. The van der Waals surface area contributed by atoms with Crippen LogP contribution in [0.5, 0.6) is 0 Å². The molecule has 0 aliphatic carbocycles. The minimum absolute atomic E-state index is 0.251. The summed E-state index contributed by atoms with van der Waals surface area (Å²) >= 11 is 0. The molecule has 0 radical (unpaired) electrons. The highest BCUT2D eigenvalue weighted by atomic mass is 19.4. The van der Waals surface area contributed by atoms with E-state index in [9.17, 15) is 18.0 Å². The third-order valence-corrected chi connectivity index (χ3v) is 4.45. The van der Waals surface area contributed by atoms with Crippen molar-refractivity contribution in [2.45, 2.75) is 38.8 Å². The molecule has 0 bridgehead atoms. The van der Waals surface area contributed by atoms with Gasteiger partial charge in [0.15, 0.2) is 0 Å². The predicted molar refractivity (Wildman–Crippen MR) is 106 cm³/mol. The quantitative estimate of drug-likeness (QED) is 0.636. The molecule has 29 heavy (non-hydrogen) atoms. The third-order valence-electron chi connectivity index (χ3n) is 4.45. The number of alkyl halides is 3. The maximum Gasteiger partial charge on any atom is 0.490 e. The van der Waals surface area contributed by atoms with Gasteiger partial charge in [-0.2, -0.15) is 13.2 Å². The van der Waals surface area contributed by atoms with Crippen LogP contribution < -0.4 is 10.2 Å². The number of carboxylic acids is 1. The lowest BCUT2D eigenvalue weighted by Gasteiger charge is -2.28. The Bertz CT molecular complexity index is 606. The summed E-state index contributed by atoms with van der Waals surface area (Å²) < 4.78 is 31.7. The molecule has 6 nitrogen and oxygen atoms in total. The van der Waals surface area contributed by atoms with Crippen LogP contribution in [0.2, 0.25) is 0 Å². The number of hydrogen-bond acceptors (Lipinski definition) is 4. The summed E-state index contributed by atoms with van der Waals surface area (Å²) in [7, 11) is 0. The Balaban J connectivity index is 0.000000516. The van der Waals surface area contributed by atoms with Gasteiger partial charge in [-0.1, -0.05) is 38.0 Å². The molecule has 164 valence electrons. The molecule has 2 N–H and O–H groups in total. The van der Waals surface area contributed by atoms with Crippen LogP contribution >= 0.6 is 0 Å². The van der Waals surface area contributed by atoms with Crippen molar-refractivity contribution >= 4 is 17.6 Å². The van der Waals surface area contributed by atoms with E-state index in [1.54, 1.807) is 0 Å². The summed E-state index contributed by atoms with van der Waals surface area (Å²) in [6, 6.07) is 10.1. The van der Waals surface area contributed by atoms with Crippen LogP contribution in [0.1, 0.15) is 32.6 Å². The molecule has 1 aromatic rings. The summed E-state index contributed by atoms with van der Waals surface area (Å²) in [5.74, 6) is -2.51. The van der Waals surface area contributed by atoms with E-state index < -0.39 is 12.1 Å². The zero-order valence-electron chi connectivity index (χ0n) is 16.7. The number of benzene rings is 1. The molecule has 1 aromatic carbocycles. The number of hydrogen-bond donors (Lipinski definition) is 2. The van der Waals surface area contributed by atoms with Crippen molar-refractivity contribution in [3.63, 3.8) is 0 Å². The van der Waals surface area contributed by atoms with Gasteiger partial charge in [0, 0.05) is 51.4 Å². The second-order valence-electron chi connectivity index (χ2n) is 6.73. The minimum atomic E-state index is -5.08. The summed E-state index contributed by atoms with van der Waals surface area (Å²) in [5.41, 5.74) is 1.03. The van der Waals surface area contributed by atoms with E-state index in [2.05, 4.69) is 17.1 Å². The van der Waals surface area contributed by atoms with Crippen molar-refractivity contribution in [1.29, 1.82) is 0 Å². The molecule has 0 aromatic heterocycles. The van der Waals surface area contributed by atoms with Gasteiger partial charge in [-0.15, -0.1) is 0 Å². The molecule has 0 saturated carbocycles. The number of carboxylic acid groups (broad SMARTS) is 1. The Kier molecular flexibility index (Phi) is 11.3. The van der Waals surface area contributed by atoms with Gasteiger partial charge in [-0.05, 0) is 18.6 Å². The highest BCUT2D eigenvalue weighted by Crippen LogP contribution is 2.16. The lowest BCUT2D eigenvalue weighted by molar-refractivity contribution is -0.192. The first-order valence-corrected chi connectivity index (χ1v) is 9.84. The molecule has 0 unspecified atom stereocenters. The highest BCUT2D eigenvalue weighted by molar-refractivity contribution is 5.93. The molecule has 1 aliphatic rings. The Morgan fingerprint density at radius 2 is 1.72 bits per heavy atom. The highest BCUT2D eigenvalue weighted by Gasteiger charge is 2.38. The van der Waals surface area contributed by atoms with Crippen molar-refractivity contribution in [2.75, 3.05) is 44.2 Å². The minimum Gasteiger partial charge on any atom is -0.475 e. The van der Waals surface area contributed by atoms with Crippen LogP contribution in [0.4, 0.5) is 18.9 Å². The fourth-order valence-electron chi connectivity index (χ4n) is 2.85. The van der Waals surface area contributed by atoms with E-state index in [1.165, 1.54) is 12.8 Å². The number of para-hydroxylation sites is 1. The second-order valence-corrected chi connectivity index (χ2v) is 6.73. The van der Waals surface area contributed by atoms with Crippen molar-refractivity contribution in [3.8, 4) is 0 Å². The Hall–Kier alpha value is -2.13. The van der Waals surface area contributed by atoms with E-state index in [0.717, 1.165) is 51.4 Å². The summed E-state index contributed by atoms with van der Waals surface area (Å²) in [6.07, 6.45) is -1.04. The molecule has 9 heteroatoms. The molecule has 1 aliphatic heterocycles. The number of rotatable bonds is 8. The summed E-state index contributed by atoms with van der Waals surface area (Å²) in [4.78, 5) is 25.9. The Labute approximate surface area is 169 Å². The van der Waals surface area contributed by atoms with E-state index in [-0.39, 0.29) is 5.91 Å². The number of carbonyl (C=O) groups excluding carboxylic acids is 1. The monoisotopic (exact) mass is 417 g/mol. The number of piperazine rings is 1. The van der Waals surface area contributed by atoms with Crippen molar-refractivity contribution in [1.82, 2.24) is 10.2 Å². The van der Waals surface area contributed by atoms with E-state index in [1.807, 2.05) is 35.2 Å². The van der Waals surface area contributed by atoms with Crippen LogP contribution in [-0.2, 0) is 9.59 Å². The molecule has 1 saturated heterocycles. The zero-order chi connectivity index (χ0) is 21.7. The van der Waals surface area contributed by atoms with E-state index >= 15 is 0 Å². The normalized spacial score (nSPS) is 14.6. The maximum atomic E-state index is 12.7. The van der Waals surface area contributed by atoms with Crippen LogP contribution in [0, 0.1) is 0 Å². The first-order valence-electron chi connectivity index (χ1n) is 9.84. The fourth-order valence-corrected chi connectivity index (χ4v) is 2.85. The Morgan fingerprint density at radius 3 is 2.24 bits per heavy atom.